The topological polar surface area (TPSA) is 82.6 Å². The van der Waals surface area contributed by atoms with Gasteiger partial charge in [-0.3, -0.25) is 0 Å². The highest BCUT2D eigenvalue weighted by Gasteiger charge is 2.63. The molecule has 2 aliphatic carbocycles. The van der Waals surface area contributed by atoms with Gasteiger partial charge < -0.3 is 15.2 Å². The Balaban J connectivity index is 1.71. The van der Waals surface area contributed by atoms with Crippen molar-refractivity contribution in [1.29, 1.82) is 0 Å². The summed E-state index contributed by atoms with van der Waals surface area (Å²) >= 11 is 0. The Morgan fingerprint density at radius 2 is 1.90 bits per heavy atom. The summed E-state index contributed by atoms with van der Waals surface area (Å²) in [5, 5.41) is 0. The molecule has 29 heavy (non-hydrogen) atoms. The molecular weight excluding hydrogens is 364 g/mol. The van der Waals surface area contributed by atoms with Gasteiger partial charge in [-0.1, -0.05) is 26.0 Å². The van der Waals surface area contributed by atoms with E-state index in [-0.39, 0.29) is 24.0 Å². The Kier molecular flexibility index (Phi) is 3.68. The third-order valence-electron chi connectivity index (χ3n) is 7.09. The van der Waals surface area contributed by atoms with Gasteiger partial charge in [0.15, 0.2) is 0 Å². The van der Waals surface area contributed by atoms with Gasteiger partial charge in [0.2, 0.25) is 0 Å². The summed E-state index contributed by atoms with van der Waals surface area (Å²) in [7, 11) is 1.76. The maximum absolute atomic E-state index is 8.95. The van der Waals surface area contributed by atoms with E-state index in [0.717, 1.165) is 41.5 Å². The lowest BCUT2D eigenvalue weighted by Gasteiger charge is -2.50. The largest absolute Gasteiger partial charge is 0.462 e. The third-order valence-corrected chi connectivity index (χ3v) is 7.09. The Labute approximate surface area is 174 Å². The predicted molar refractivity (Wildman–Crippen MR) is 111 cm³/mol. The fourth-order valence-electron chi connectivity index (χ4n) is 6.17. The number of amidine groups is 1. The summed E-state index contributed by atoms with van der Waals surface area (Å²) < 4.78 is 29.2. The number of rotatable bonds is 2. The maximum Gasteiger partial charge on any atom is 0.283 e. The molecule has 1 aromatic carbocycles. The van der Waals surface area contributed by atoms with Crippen LogP contribution >= 0.6 is 0 Å². The van der Waals surface area contributed by atoms with Crippen LogP contribution in [0.25, 0.3) is 11.1 Å². The van der Waals surface area contributed by atoms with Gasteiger partial charge in [0.05, 0.1) is 8.85 Å². The number of ether oxygens (including phenoxy) is 2. The number of nitrogens with two attached hydrogens (primary N) is 1. The van der Waals surface area contributed by atoms with Gasteiger partial charge in [-0.05, 0) is 53.9 Å². The molecule has 152 valence electrons. The molecule has 0 saturated heterocycles. The van der Waals surface area contributed by atoms with Gasteiger partial charge in [0, 0.05) is 30.5 Å². The zero-order valence-electron chi connectivity index (χ0n) is 19.1. The van der Waals surface area contributed by atoms with Crippen LogP contribution in [0.5, 0.6) is 0 Å². The Hall–Kier alpha value is -2.47. The first-order valence-corrected chi connectivity index (χ1v) is 10.2. The number of aromatic nitrogens is 2. The standard InChI is InChI=1S/C23H28N4O2/c1-14-7-22(8-15(2)20(14)28-3)9-17-5-4-16(18-10-25-13-26-11-18)6-19(17)23(22)12-29-21(24)27-23/h4-6,10-11,13-15,20H,7-9,12H2,1-3H3,(H2,24,27)/t14-,15+,20?,22?,23-/m0/s1/i12D2. The van der Waals surface area contributed by atoms with E-state index in [9.17, 15) is 0 Å². The van der Waals surface area contributed by atoms with Crippen LogP contribution in [-0.2, 0) is 21.4 Å². The zero-order chi connectivity index (χ0) is 22.0. The van der Waals surface area contributed by atoms with Crippen LogP contribution in [0.1, 0.15) is 40.6 Å². The molecule has 2 heterocycles. The van der Waals surface area contributed by atoms with Crippen LogP contribution in [0.3, 0.4) is 0 Å². The fourth-order valence-corrected chi connectivity index (χ4v) is 6.17. The van der Waals surface area contributed by atoms with Crippen molar-refractivity contribution in [3.05, 3.63) is 48.0 Å². The molecule has 0 bridgehead atoms. The van der Waals surface area contributed by atoms with Crippen molar-refractivity contribution in [3.63, 3.8) is 0 Å². The molecule has 5 atom stereocenters. The summed E-state index contributed by atoms with van der Waals surface area (Å²) in [6.07, 6.45) is 7.46. The van der Waals surface area contributed by atoms with Crippen LogP contribution < -0.4 is 5.73 Å². The molecule has 0 radical (unpaired) electrons. The summed E-state index contributed by atoms with van der Waals surface area (Å²) in [6.45, 7) is 2.33. The highest BCUT2D eigenvalue weighted by atomic mass is 16.5. The van der Waals surface area contributed by atoms with Crippen LogP contribution in [0.2, 0.25) is 0 Å². The molecule has 1 saturated carbocycles. The van der Waals surface area contributed by atoms with Crippen LogP contribution in [-0.4, -0.2) is 35.8 Å². The Morgan fingerprint density at radius 1 is 1.17 bits per heavy atom. The van der Waals surface area contributed by atoms with E-state index in [0.29, 0.717) is 0 Å². The summed E-state index contributed by atoms with van der Waals surface area (Å²) in [5.74, 6) is 0.518. The lowest BCUT2D eigenvalue weighted by Crippen LogP contribution is -2.51. The number of hydrogen-bond acceptors (Lipinski definition) is 6. The first-order valence-electron chi connectivity index (χ1n) is 11.2. The number of nitrogens with zero attached hydrogens (tertiary/aromatic N) is 3. The molecule has 0 amide bonds. The van der Waals surface area contributed by atoms with E-state index in [4.69, 9.17) is 22.9 Å². The number of methoxy groups -OCH3 is 1. The molecule has 3 aliphatic rings. The van der Waals surface area contributed by atoms with Crippen molar-refractivity contribution in [1.82, 2.24) is 9.97 Å². The average molecular weight is 395 g/mol. The maximum atomic E-state index is 8.95. The molecule has 5 rings (SSSR count). The van der Waals surface area contributed by atoms with Gasteiger partial charge in [-0.2, -0.15) is 0 Å². The van der Waals surface area contributed by atoms with E-state index in [1.54, 1.807) is 19.5 Å². The average Bonchev–Trinajstić information content (AvgIpc) is 3.12. The van der Waals surface area contributed by atoms with Gasteiger partial charge >= 0.3 is 0 Å². The minimum Gasteiger partial charge on any atom is -0.462 e. The lowest BCUT2D eigenvalue weighted by molar-refractivity contribution is -0.0779. The van der Waals surface area contributed by atoms with E-state index >= 15 is 0 Å². The van der Waals surface area contributed by atoms with Crippen LogP contribution in [0.4, 0.5) is 0 Å². The molecule has 1 aromatic heterocycles. The van der Waals surface area contributed by atoms with Crippen molar-refractivity contribution in [2.45, 2.75) is 44.8 Å². The highest BCUT2D eigenvalue weighted by Crippen LogP contribution is 2.63. The molecular formula is C23H28N4O2. The Morgan fingerprint density at radius 3 is 2.52 bits per heavy atom. The van der Waals surface area contributed by atoms with Crippen molar-refractivity contribution >= 4 is 6.02 Å². The van der Waals surface area contributed by atoms with Gasteiger partial charge in [0.25, 0.3) is 6.02 Å². The van der Waals surface area contributed by atoms with Crippen molar-refractivity contribution in [2.75, 3.05) is 13.7 Å². The number of fused-ring (bicyclic) bond motifs is 3. The molecule has 6 heteroatoms. The number of aliphatic imine (C=N–C) groups is 1. The summed E-state index contributed by atoms with van der Waals surface area (Å²) in [5.41, 5.74) is 8.14. The second-order valence-corrected chi connectivity index (χ2v) is 8.88. The molecule has 6 nitrogen and oxygen atoms in total. The quantitative estimate of drug-likeness (QED) is 0.845. The predicted octanol–water partition coefficient (Wildman–Crippen LogP) is 3.31. The van der Waals surface area contributed by atoms with E-state index < -0.39 is 17.5 Å². The van der Waals surface area contributed by atoms with Crippen LogP contribution in [0, 0.1) is 17.3 Å². The monoisotopic (exact) mass is 394 g/mol. The number of benzene rings is 1. The minimum atomic E-state index is -2.05. The highest BCUT2D eigenvalue weighted by molar-refractivity contribution is 5.76. The summed E-state index contributed by atoms with van der Waals surface area (Å²) in [4.78, 5) is 13.0. The normalized spacial score (nSPS) is 38.3. The lowest BCUT2D eigenvalue weighted by atomic mass is 9.57. The number of hydrogen-bond donors (Lipinski definition) is 1. The zero-order valence-corrected chi connectivity index (χ0v) is 17.1. The summed E-state index contributed by atoms with van der Waals surface area (Å²) in [6, 6.07) is 6.09. The Bertz CT molecular complexity index is 1030. The van der Waals surface area contributed by atoms with Crippen molar-refractivity contribution < 1.29 is 12.2 Å². The first-order chi connectivity index (χ1) is 14.7. The third kappa shape index (κ3) is 2.61. The fraction of sp³-hybridized carbons (Fsp3) is 0.522. The first kappa shape index (κ1) is 16.3. The molecule has 2 aromatic rings. The minimum absolute atomic E-state index is 0.0835. The van der Waals surface area contributed by atoms with Gasteiger partial charge in [-0.25, -0.2) is 15.0 Å². The van der Waals surface area contributed by atoms with Crippen molar-refractivity contribution in [2.24, 2.45) is 28.0 Å². The molecule has 1 fully saturated rings. The van der Waals surface area contributed by atoms with E-state index in [1.165, 1.54) is 6.33 Å². The second-order valence-electron chi connectivity index (χ2n) is 8.88. The van der Waals surface area contributed by atoms with Gasteiger partial charge in [-0.15, -0.1) is 0 Å². The SMILES string of the molecule is [2H]C1([2H])OC(N)=N[C@]12c1cc(-c3cncnc3)ccc1CC21C[C@@H](C)C(OC)[C@@H](C)C1. The second kappa shape index (κ2) is 6.52. The molecule has 2 spiro atoms. The van der Waals surface area contributed by atoms with Crippen LogP contribution in [0.15, 0.2) is 41.9 Å². The van der Waals surface area contributed by atoms with E-state index in [2.05, 4.69) is 35.9 Å². The molecule has 1 aliphatic heterocycles. The van der Waals surface area contributed by atoms with Crippen molar-refractivity contribution in [3.8, 4) is 11.1 Å². The smallest absolute Gasteiger partial charge is 0.283 e. The van der Waals surface area contributed by atoms with Gasteiger partial charge in [0.1, 0.15) is 18.4 Å². The molecule has 2 unspecified atom stereocenters. The molecule has 2 N–H and O–H groups in total. The van der Waals surface area contributed by atoms with E-state index in [1.807, 2.05) is 6.07 Å².